The summed E-state index contributed by atoms with van der Waals surface area (Å²) in [5.41, 5.74) is 0.833. The van der Waals surface area contributed by atoms with Crippen molar-refractivity contribution in [2.24, 2.45) is 17.8 Å². The SMILES string of the molecule is CCOc1ccc(C(=O)Nc2nnc(C34CC5CC(CC(C5)C3)C4)s2)cc1. The van der Waals surface area contributed by atoms with E-state index in [2.05, 4.69) is 15.5 Å². The zero-order valence-electron chi connectivity index (χ0n) is 15.6. The van der Waals surface area contributed by atoms with Crippen LogP contribution in [0.3, 0.4) is 0 Å². The molecule has 4 saturated carbocycles. The van der Waals surface area contributed by atoms with Crippen molar-refractivity contribution in [1.82, 2.24) is 10.2 Å². The second-order valence-corrected chi connectivity index (χ2v) is 9.50. The molecule has 2 aromatic rings. The molecular formula is C21H25N3O2S. The van der Waals surface area contributed by atoms with E-state index in [4.69, 9.17) is 4.74 Å². The Labute approximate surface area is 163 Å². The predicted molar refractivity (Wildman–Crippen MR) is 105 cm³/mol. The van der Waals surface area contributed by atoms with Crippen molar-refractivity contribution in [2.75, 3.05) is 11.9 Å². The van der Waals surface area contributed by atoms with Crippen LogP contribution < -0.4 is 10.1 Å². The maximum Gasteiger partial charge on any atom is 0.257 e. The maximum atomic E-state index is 12.5. The highest BCUT2D eigenvalue weighted by Gasteiger charge is 2.53. The summed E-state index contributed by atoms with van der Waals surface area (Å²) < 4.78 is 5.43. The lowest BCUT2D eigenvalue weighted by Gasteiger charge is -2.55. The molecule has 1 aromatic heterocycles. The smallest absolute Gasteiger partial charge is 0.257 e. The highest BCUT2D eigenvalue weighted by molar-refractivity contribution is 7.15. The molecule has 4 aliphatic carbocycles. The highest BCUT2D eigenvalue weighted by Crippen LogP contribution is 2.61. The Bertz CT molecular complexity index is 810. The standard InChI is InChI=1S/C21H25N3O2S/c1-2-26-17-5-3-16(4-6-17)18(25)22-20-24-23-19(27-20)21-10-13-7-14(11-21)9-15(8-13)12-21/h3-6,13-15H,2,7-12H2,1H3,(H,22,24,25). The molecule has 1 amide bonds. The number of carbonyl (C=O) groups excluding carboxylic acids is 1. The largest absolute Gasteiger partial charge is 0.494 e. The third-order valence-corrected chi connectivity index (χ3v) is 7.65. The Balaban J connectivity index is 1.30. The van der Waals surface area contributed by atoms with Gasteiger partial charge in [-0.05, 0) is 87.5 Å². The Hall–Kier alpha value is -1.95. The van der Waals surface area contributed by atoms with Crippen LogP contribution in [-0.4, -0.2) is 22.7 Å². The molecule has 0 spiro atoms. The van der Waals surface area contributed by atoms with Crippen molar-refractivity contribution < 1.29 is 9.53 Å². The molecule has 1 heterocycles. The monoisotopic (exact) mass is 383 g/mol. The molecule has 4 bridgehead atoms. The lowest BCUT2D eigenvalue weighted by Crippen LogP contribution is -2.48. The Morgan fingerprint density at radius 2 is 1.74 bits per heavy atom. The molecule has 6 rings (SSSR count). The minimum absolute atomic E-state index is 0.147. The van der Waals surface area contributed by atoms with Gasteiger partial charge in [0.1, 0.15) is 10.8 Å². The van der Waals surface area contributed by atoms with E-state index in [-0.39, 0.29) is 11.3 Å². The van der Waals surface area contributed by atoms with Crippen molar-refractivity contribution in [3.8, 4) is 5.75 Å². The summed E-state index contributed by atoms with van der Waals surface area (Å²) in [4.78, 5) is 12.5. The fraction of sp³-hybridized carbons (Fsp3) is 0.571. The zero-order valence-corrected chi connectivity index (χ0v) is 16.4. The Morgan fingerprint density at radius 1 is 1.11 bits per heavy atom. The predicted octanol–water partition coefficient (Wildman–Crippen LogP) is 4.66. The molecule has 4 fully saturated rings. The molecule has 4 aliphatic rings. The zero-order chi connectivity index (χ0) is 18.4. The topological polar surface area (TPSA) is 64.1 Å². The first-order chi connectivity index (χ1) is 13.1. The van der Waals surface area contributed by atoms with Crippen molar-refractivity contribution in [3.05, 3.63) is 34.8 Å². The average Bonchev–Trinajstić information content (AvgIpc) is 3.11. The molecule has 1 N–H and O–H groups in total. The van der Waals surface area contributed by atoms with Crippen LogP contribution >= 0.6 is 11.3 Å². The van der Waals surface area contributed by atoms with Crippen LogP contribution in [0.15, 0.2) is 24.3 Å². The number of hydrogen-bond acceptors (Lipinski definition) is 5. The van der Waals surface area contributed by atoms with E-state index in [0.29, 0.717) is 17.3 Å². The third-order valence-electron chi connectivity index (χ3n) is 6.56. The molecule has 0 unspecified atom stereocenters. The summed E-state index contributed by atoms with van der Waals surface area (Å²) in [6.07, 6.45) is 8.04. The van der Waals surface area contributed by atoms with E-state index >= 15 is 0 Å². The van der Waals surface area contributed by atoms with Crippen LogP contribution in [0.1, 0.15) is 60.8 Å². The van der Waals surface area contributed by atoms with Gasteiger partial charge in [0.25, 0.3) is 5.91 Å². The molecule has 0 radical (unpaired) electrons. The quantitative estimate of drug-likeness (QED) is 0.816. The molecule has 6 heteroatoms. The number of nitrogens with zero attached hydrogens (tertiary/aromatic N) is 2. The highest BCUT2D eigenvalue weighted by atomic mass is 32.1. The third kappa shape index (κ3) is 3.14. The van der Waals surface area contributed by atoms with Crippen molar-refractivity contribution in [2.45, 2.75) is 50.9 Å². The Kier molecular flexibility index (Phi) is 4.19. The first-order valence-electron chi connectivity index (χ1n) is 10.0. The van der Waals surface area contributed by atoms with Gasteiger partial charge in [0, 0.05) is 11.0 Å². The van der Waals surface area contributed by atoms with Gasteiger partial charge in [-0.1, -0.05) is 11.3 Å². The molecule has 0 saturated heterocycles. The molecule has 27 heavy (non-hydrogen) atoms. The molecule has 142 valence electrons. The van der Waals surface area contributed by atoms with Crippen LogP contribution in [-0.2, 0) is 5.41 Å². The number of nitrogens with one attached hydrogen (secondary N) is 1. The van der Waals surface area contributed by atoms with Crippen LogP contribution in [0.2, 0.25) is 0 Å². The van der Waals surface area contributed by atoms with Crippen LogP contribution in [0.25, 0.3) is 0 Å². The van der Waals surface area contributed by atoms with Crippen LogP contribution in [0.5, 0.6) is 5.75 Å². The average molecular weight is 384 g/mol. The number of aromatic nitrogens is 2. The summed E-state index contributed by atoms with van der Waals surface area (Å²) in [6.45, 7) is 2.56. The van der Waals surface area contributed by atoms with Crippen molar-refractivity contribution in [3.63, 3.8) is 0 Å². The van der Waals surface area contributed by atoms with E-state index < -0.39 is 0 Å². The fourth-order valence-corrected chi connectivity index (χ4v) is 6.86. The molecule has 5 nitrogen and oxygen atoms in total. The van der Waals surface area contributed by atoms with Crippen LogP contribution in [0, 0.1) is 17.8 Å². The van der Waals surface area contributed by atoms with Crippen molar-refractivity contribution in [1.29, 1.82) is 0 Å². The molecule has 0 aliphatic heterocycles. The molecule has 1 aromatic carbocycles. The lowest BCUT2D eigenvalue weighted by atomic mass is 9.50. The van der Waals surface area contributed by atoms with Gasteiger partial charge in [-0.3, -0.25) is 10.1 Å². The van der Waals surface area contributed by atoms with Gasteiger partial charge in [0.05, 0.1) is 6.61 Å². The number of anilines is 1. The fourth-order valence-electron chi connectivity index (χ4n) is 5.90. The number of hydrogen-bond donors (Lipinski definition) is 1. The van der Waals surface area contributed by atoms with E-state index in [1.807, 2.05) is 19.1 Å². The number of ether oxygens (including phenoxy) is 1. The van der Waals surface area contributed by atoms with E-state index in [0.717, 1.165) is 28.5 Å². The summed E-state index contributed by atoms with van der Waals surface area (Å²) in [6, 6.07) is 7.20. The summed E-state index contributed by atoms with van der Waals surface area (Å²) in [7, 11) is 0. The van der Waals surface area contributed by atoms with Gasteiger partial charge >= 0.3 is 0 Å². The van der Waals surface area contributed by atoms with Gasteiger partial charge in [-0.15, -0.1) is 10.2 Å². The number of rotatable bonds is 5. The van der Waals surface area contributed by atoms with Crippen LogP contribution in [0.4, 0.5) is 5.13 Å². The number of amides is 1. The van der Waals surface area contributed by atoms with Gasteiger partial charge in [0.15, 0.2) is 0 Å². The summed E-state index contributed by atoms with van der Waals surface area (Å²) >= 11 is 1.58. The van der Waals surface area contributed by atoms with E-state index in [1.165, 1.54) is 38.5 Å². The minimum atomic E-state index is -0.147. The first-order valence-corrected chi connectivity index (χ1v) is 10.8. The van der Waals surface area contributed by atoms with E-state index in [9.17, 15) is 4.79 Å². The van der Waals surface area contributed by atoms with Gasteiger partial charge in [0.2, 0.25) is 5.13 Å². The normalized spacial score (nSPS) is 31.1. The first kappa shape index (κ1) is 17.2. The lowest BCUT2D eigenvalue weighted by molar-refractivity contribution is -0.00555. The molecular weight excluding hydrogens is 358 g/mol. The van der Waals surface area contributed by atoms with Gasteiger partial charge in [-0.2, -0.15) is 0 Å². The summed E-state index contributed by atoms with van der Waals surface area (Å²) in [5, 5.41) is 13.5. The second kappa shape index (κ2) is 6.59. The number of benzene rings is 1. The molecule has 0 atom stereocenters. The Morgan fingerprint density at radius 3 is 2.33 bits per heavy atom. The van der Waals surface area contributed by atoms with E-state index in [1.54, 1.807) is 23.5 Å². The second-order valence-electron chi connectivity index (χ2n) is 8.52. The maximum absolute atomic E-state index is 12.5. The van der Waals surface area contributed by atoms with Gasteiger partial charge in [-0.25, -0.2) is 0 Å². The van der Waals surface area contributed by atoms with Crippen molar-refractivity contribution >= 4 is 22.4 Å². The summed E-state index contributed by atoms with van der Waals surface area (Å²) in [5.74, 6) is 3.26. The van der Waals surface area contributed by atoms with Gasteiger partial charge < -0.3 is 4.74 Å². The minimum Gasteiger partial charge on any atom is -0.494 e. The number of carbonyl (C=O) groups is 1.